The summed E-state index contributed by atoms with van der Waals surface area (Å²) >= 11 is 1.36. The van der Waals surface area contributed by atoms with Crippen molar-refractivity contribution in [2.24, 2.45) is 5.92 Å². The lowest BCUT2D eigenvalue weighted by Gasteiger charge is -2.12. The molecule has 1 aliphatic carbocycles. The van der Waals surface area contributed by atoms with Crippen molar-refractivity contribution in [3.05, 3.63) is 47.0 Å². The minimum absolute atomic E-state index is 0.0302. The van der Waals surface area contributed by atoms with E-state index >= 15 is 0 Å². The maximum atomic E-state index is 12.9. The summed E-state index contributed by atoms with van der Waals surface area (Å²) in [5.41, 5.74) is 0.945. The first kappa shape index (κ1) is 17.6. The molecule has 0 saturated heterocycles. The van der Waals surface area contributed by atoms with Crippen molar-refractivity contribution >= 4 is 44.7 Å². The summed E-state index contributed by atoms with van der Waals surface area (Å²) < 4.78 is 0. The van der Waals surface area contributed by atoms with E-state index in [4.69, 9.17) is 0 Å². The van der Waals surface area contributed by atoms with Gasteiger partial charge in [-0.15, -0.1) is 10.2 Å². The molecule has 138 valence electrons. The van der Waals surface area contributed by atoms with Gasteiger partial charge >= 0.3 is 0 Å². The monoisotopic (exact) mass is 380 g/mol. The topological polar surface area (TPSA) is 84.0 Å². The highest BCUT2D eigenvalue weighted by Crippen LogP contribution is 2.32. The molecule has 4 rings (SSSR count). The molecule has 1 saturated carbocycles. The largest absolute Gasteiger partial charge is 0.325 e. The fourth-order valence-electron chi connectivity index (χ4n) is 2.79. The van der Waals surface area contributed by atoms with Crippen LogP contribution in [0.3, 0.4) is 0 Å². The first-order valence-corrected chi connectivity index (χ1v) is 9.81. The molecule has 1 aliphatic rings. The second kappa shape index (κ2) is 7.08. The zero-order chi connectivity index (χ0) is 19.0. The van der Waals surface area contributed by atoms with Crippen molar-refractivity contribution in [2.45, 2.75) is 32.6 Å². The van der Waals surface area contributed by atoms with Crippen molar-refractivity contribution in [1.29, 1.82) is 0 Å². The fourth-order valence-corrected chi connectivity index (χ4v) is 3.54. The number of aromatic nitrogens is 2. The van der Waals surface area contributed by atoms with E-state index in [1.165, 1.54) is 11.3 Å². The van der Waals surface area contributed by atoms with Crippen LogP contribution in [0.4, 0.5) is 10.8 Å². The molecule has 3 aromatic rings. The number of rotatable bonds is 5. The molecule has 2 aromatic carbocycles. The van der Waals surface area contributed by atoms with Crippen molar-refractivity contribution in [3.63, 3.8) is 0 Å². The van der Waals surface area contributed by atoms with Gasteiger partial charge in [0.25, 0.3) is 5.91 Å². The summed E-state index contributed by atoms with van der Waals surface area (Å²) in [7, 11) is 0. The van der Waals surface area contributed by atoms with Crippen LogP contribution in [-0.4, -0.2) is 22.0 Å². The third kappa shape index (κ3) is 3.83. The van der Waals surface area contributed by atoms with Crippen LogP contribution in [0.1, 0.15) is 48.0 Å². The number of nitrogens with zero attached hydrogens (tertiary/aromatic N) is 2. The highest BCUT2D eigenvalue weighted by molar-refractivity contribution is 7.15. The Bertz CT molecular complexity index is 1020. The van der Waals surface area contributed by atoms with Crippen LogP contribution in [0.5, 0.6) is 0 Å². The smallest absolute Gasteiger partial charge is 0.259 e. The van der Waals surface area contributed by atoms with E-state index < -0.39 is 0 Å². The fraction of sp³-hybridized carbons (Fsp3) is 0.300. The van der Waals surface area contributed by atoms with E-state index in [-0.39, 0.29) is 23.7 Å². The molecule has 6 nitrogen and oxygen atoms in total. The highest BCUT2D eigenvalue weighted by Gasteiger charge is 2.30. The molecule has 2 N–H and O–H groups in total. The molecule has 7 heteroatoms. The number of nitrogens with one attached hydrogen (secondary N) is 2. The Morgan fingerprint density at radius 3 is 2.41 bits per heavy atom. The van der Waals surface area contributed by atoms with Crippen molar-refractivity contribution in [3.8, 4) is 0 Å². The van der Waals surface area contributed by atoms with Gasteiger partial charge < -0.3 is 5.32 Å². The van der Waals surface area contributed by atoms with Crippen LogP contribution in [0.25, 0.3) is 10.8 Å². The molecule has 1 aromatic heterocycles. The summed E-state index contributed by atoms with van der Waals surface area (Å²) in [5.74, 6) is -0.0259. The van der Waals surface area contributed by atoms with Gasteiger partial charge in [-0.1, -0.05) is 49.4 Å². The lowest BCUT2D eigenvalue weighted by Crippen LogP contribution is -2.19. The average molecular weight is 380 g/mol. The standard InChI is InChI=1S/C20H20N4O2S/c1-11(2)19-23-24-20(27-19)22-18(26)15-9-13-5-3-4-6-14(13)10-16(15)21-17(25)12-7-8-12/h3-6,9-12H,7-8H2,1-2H3,(H,21,25)(H,22,24,26). The number of anilines is 2. The second-order valence-electron chi connectivity index (χ2n) is 7.06. The van der Waals surface area contributed by atoms with Gasteiger partial charge in [-0.25, -0.2) is 0 Å². The average Bonchev–Trinajstić information content (AvgIpc) is 3.40. The molecule has 0 bridgehead atoms. The van der Waals surface area contributed by atoms with Crippen LogP contribution in [-0.2, 0) is 4.79 Å². The molecule has 0 aliphatic heterocycles. The zero-order valence-corrected chi connectivity index (χ0v) is 16.0. The SMILES string of the molecule is CC(C)c1nnc(NC(=O)c2cc3ccccc3cc2NC(=O)C2CC2)s1. The van der Waals surface area contributed by atoms with Crippen molar-refractivity contribution in [2.75, 3.05) is 10.6 Å². The number of fused-ring (bicyclic) bond motifs is 1. The zero-order valence-electron chi connectivity index (χ0n) is 15.2. The number of hydrogen-bond donors (Lipinski definition) is 2. The first-order chi connectivity index (χ1) is 13.0. The predicted molar refractivity (Wildman–Crippen MR) is 107 cm³/mol. The van der Waals surface area contributed by atoms with Gasteiger partial charge in [0.2, 0.25) is 11.0 Å². The Kier molecular flexibility index (Phi) is 4.61. The maximum Gasteiger partial charge on any atom is 0.259 e. The van der Waals surface area contributed by atoms with Crippen LogP contribution >= 0.6 is 11.3 Å². The lowest BCUT2D eigenvalue weighted by atomic mass is 10.0. The summed E-state index contributed by atoms with van der Waals surface area (Å²) in [6, 6.07) is 11.4. The Labute approximate surface area is 161 Å². The van der Waals surface area contributed by atoms with Gasteiger partial charge in [-0.3, -0.25) is 14.9 Å². The van der Waals surface area contributed by atoms with Crippen LogP contribution in [0.2, 0.25) is 0 Å². The van der Waals surface area contributed by atoms with E-state index in [0.29, 0.717) is 16.4 Å². The Balaban J connectivity index is 1.66. The Morgan fingerprint density at radius 2 is 1.78 bits per heavy atom. The molecule has 1 fully saturated rings. The molecular formula is C20H20N4O2S. The third-order valence-corrected chi connectivity index (χ3v) is 5.63. The molecule has 1 heterocycles. The molecule has 0 unspecified atom stereocenters. The van der Waals surface area contributed by atoms with E-state index in [9.17, 15) is 9.59 Å². The van der Waals surface area contributed by atoms with Gasteiger partial charge in [-0.2, -0.15) is 0 Å². The van der Waals surface area contributed by atoms with Gasteiger partial charge in [0.1, 0.15) is 5.01 Å². The number of carbonyl (C=O) groups excluding carboxylic acids is 2. The van der Waals surface area contributed by atoms with Gasteiger partial charge in [0.05, 0.1) is 11.3 Å². The third-order valence-electron chi connectivity index (χ3n) is 4.49. The number of carbonyl (C=O) groups is 2. The molecule has 27 heavy (non-hydrogen) atoms. The van der Waals surface area contributed by atoms with E-state index in [2.05, 4.69) is 20.8 Å². The predicted octanol–water partition coefficient (Wildman–Crippen LogP) is 4.42. The lowest BCUT2D eigenvalue weighted by molar-refractivity contribution is -0.117. The minimum Gasteiger partial charge on any atom is -0.325 e. The summed E-state index contributed by atoms with van der Waals surface area (Å²) in [6.45, 7) is 4.06. The second-order valence-corrected chi connectivity index (χ2v) is 8.07. The van der Waals surface area contributed by atoms with Crippen LogP contribution in [0.15, 0.2) is 36.4 Å². The number of hydrogen-bond acceptors (Lipinski definition) is 5. The molecule has 0 atom stereocenters. The van der Waals surface area contributed by atoms with Crippen LogP contribution < -0.4 is 10.6 Å². The Morgan fingerprint density at radius 1 is 1.07 bits per heavy atom. The van der Waals surface area contributed by atoms with E-state index in [1.807, 2.05) is 44.2 Å². The molecule has 0 spiro atoms. The van der Waals surface area contributed by atoms with Crippen molar-refractivity contribution in [1.82, 2.24) is 10.2 Å². The quantitative estimate of drug-likeness (QED) is 0.686. The summed E-state index contributed by atoms with van der Waals surface area (Å²) in [4.78, 5) is 25.2. The normalized spacial score (nSPS) is 13.7. The molecule has 2 amide bonds. The van der Waals surface area contributed by atoms with E-state index in [1.54, 1.807) is 6.07 Å². The van der Waals surface area contributed by atoms with Gasteiger partial charge in [0, 0.05) is 11.8 Å². The molecule has 0 radical (unpaired) electrons. The molecular weight excluding hydrogens is 360 g/mol. The Hall–Kier alpha value is -2.80. The van der Waals surface area contributed by atoms with E-state index in [0.717, 1.165) is 28.6 Å². The number of benzene rings is 2. The first-order valence-electron chi connectivity index (χ1n) is 8.99. The summed E-state index contributed by atoms with van der Waals surface area (Å²) in [6.07, 6.45) is 1.81. The van der Waals surface area contributed by atoms with Gasteiger partial charge in [-0.05, 0) is 35.7 Å². The van der Waals surface area contributed by atoms with Gasteiger partial charge in [0.15, 0.2) is 0 Å². The van der Waals surface area contributed by atoms with Crippen molar-refractivity contribution < 1.29 is 9.59 Å². The number of amides is 2. The minimum atomic E-state index is -0.307. The van der Waals surface area contributed by atoms with Crippen LogP contribution in [0, 0.1) is 5.92 Å². The highest BCUT2D eigenvalue weighted by atomic mass is 32.1. The maximum absolute atomic E-state index is 12.9. The summed E-state index contributed by atoms with van der Waals surface area (Å²) in [5, 5.41) is 17.1.